The van der Waals surface area contributed by atoms with Crippen molar-refractivity contribution in [1.82, 2.24) is 9.97 Å². The van der Waals surface area contributed by atoms with Crippen LogP contribution in [0.4, 0.5) is 5.82 Å². The monoisotopic (exact) mass is 225 g/mol. The Labute approximate surface area is 93.7 Å². The minimum Gasteiger partial charge on any atom is -0.391 e. The standard InChI is InChI=1S/C10H15N3OS/c1-15-10-11-5-4-9(12-10)13-6-2-3-8(14)7-13/h4-5,8,14H,2-3,6-7H2,1H3. The Bertz CT molecular complexity index is 334. The summed E-state index contributed by atoms with van der Waals surface area (Å²) < 4.78 is 0. The highest BCUT2D eigenvalue weighted by molar-refractivity contribution is 7.98. The number of aromatic nitrogens is 2. The number of piperidine rings is 1. The van der Waals surface area contributed by atoms with Gasteiger partial charge in [0.1, 0.15) is 5.82 Å². The molecule has 1 saturated heterocycles. The van der Waals surface area contributed by atoms with Crippen molar-refractivity contribution in [3.63, 3.8) is 0 Å². The van der Waals surface area contributed by atoms with E-state index in [9.17, 15) is 5.11 Å². The van der Waals surface area contributed by atoms with Crippen molar-refractivity contribution in [1.29, 1.82) is 0 Å². The zero-order chi connectivity index (χ0) is 10.7. The second kappa shape index (κ2) is 4.81. The summed E-state index contributed by atoms with van der Waals surface area (Å²) in [5.74, 6) is 0.924. The summed E-state index contributed by atoms with van der Waals surface area (Å²) in [6, 6.07) is 1.90. The average molecular weight is 225 g/mol. The zero-order valence-corrected chi connectivity index (χ0v) is 9.57. The molecule has 1 atom stereocenters. The Balaban J connectivity index is 2.13. The molecule has 1 aromatic rings. The van der Waals surface area contributed by atoms with E-state index in [1.54, 1.807) is 6.20 Å². The first-order valence-corrected chi connectivity index (χ1v) is 6.32. The van der Waals surface area contributed by atoms with E-state index in [2.05, 4.69) is 14.9 Å². The number of nitrogens with zero attached hydrogens (tertiary/aromatic N) is 3. The van der Waals surface area contributed by atoms with Crippen molar-refractivity contribution >= 4 is 17.6 Å². The predicted molar refractivity (Wildman–Crippen MR) is 61.3 cm³/mol. The fraction of sp³-hybridized carbons (Fsp3) is 0.600. The van der Waals surface area contributed by atoms with E-state index in [4.69, 9.17) is 0 Å². The van der Waals surface area contributed by atoms with Crippen molar-refractivity contribution in [2.24, 2.45) is 0 Å². The van der Waals surface area contributed by atoms with Gasteiger partial charge in [-0.2, -0.15) is 0 Å². The fourth-order valence-electron chi connectivity index (χ4n) is 1.77. The van der Waals surface area contributed by atoms with Gasteiger partial charge in [-0.1, -0.05) is 11.8 Å². The Hall–Kier alpha value is -0.810. The number of anilines is 1. The molecule has 0 radical (unpaired) electrons. The normalized spacial score (nSPS) is 21.7. The highest BCUT2D eigenvalue weighted by atomic mass is 32.2. The van der Waals surface area contributed by atoms with Gasteiger partial charge in [0.15, 0.2) is 5.16 Å². The quantitative estimate of drug-likeness (QED) is 0.604. The molecule has 0 spiro atoms. The van der Waals surface area contributed by atoms with Crippen LogP contribution in [-0.4, -0.2) is 40.5 Å². The SMILES string of the molecule is CSc1nccc(N2CCCC(O)C2)n1. The van der Waals surface area contributed by atoms with E-state index in [1.807, 2.05) is 12.3 Å². The van der Waals surface area contributed by atoms with E-state index >= 15 is 0 Å². The van der Waals surface area contributed by atoms with Crippen molar-refractivity contribution in [3.05, 3.63) is 12.3 Å². The van der Waals surface area contributed by atoms with E-state index in [0.717, 1.165) is 30.4 Å². The molecule has 1 aliphatic heterocycles. The number of rotatable bonds is 2. The van der Waals surface area contributed by atoms with Crippen LogP contribution in [0.15, 0.2) is 17.4 Å². The Morgan fingerprint density at radius 3 is 3.20 bits per heavy atom. The molecule has 82 valence electrons. The third kappa shape index (κ3) is 2.60. The molecule has 0 aliphatic carbocycles. The Morgan fingerprint density at radius 1 is 1.60 bits per heavy atom. The molecule has 1 N–H and O–H groups in total. The van der Waals surface area contributed by atoms with Crippen LogP contribution in [0, 0.1) is 0 Å². The van der Waals surface area contributed by atoms with Crippen molar-refractivity contribution in [2.45, 2.75) is 24.1 Å². The summed E-state index contributed by atoms with van der Waals surface area (Å²) in [7, 11) is 0. The third-order valence-electron chi connectivity index (χ3n) is 2.52. The van der Waals surface area contributed by atoms with Crippen molar-refractivity contribution in [3.8, 4) is 0 Å². The molecule has 4 nitrogen and oxygen atoms in total. The van der Waals surface area contributed by atoms with Crippen LogP contribution in [0.1, 0.15) is 12.8 Å². The number of hydrogen-bond donors (Lipinski definition) is 1. The summed E-state index contributed by atoms with van der Waals surface area (Å²) >= 11 is 1.54. The largest absolute Gasteiger partial charge is 0.391 e. The topological polar surface area (TPSA) is 49.2 Å². The van der Waals surface area contributed by atoms with Gasteiger partial charge < -0.3 is 10.0 Å². The maximum absolute atomic E-state index is 9.58. The summed E-state index contributed by atoms with van der Waals surface area (Å²) in [5.41, 5.74) is 0. The zero-order valence-electron chi connectivity index (χ0n) is 8.76. The lowest BCUT2D eigenvalue weighted by Crippen LogP contribution is -2.38. The maximum Gasteiger partial charge on any atom is 0.189 e. The van der Waals surface area contributed by atoms with E-state index < -0.39 is 0 Å². The van der Waals surface area contributed by atoms with Gasteiger partial charge in [0.05, 0.1) is 6.10 Å². The maximum atomic E-state index is 9.58. The molecule has 0 amide bonds. The van der Waals surface area contributed by atoms with Crippen LogP contribution < -0.4 is 4.90 Å². The lowest BCUT2D eigenvalue weighted by Gasteiger charge is -2.30. The molecule has 0 aromatic carbocycles. The molecule has 1 aromatic heterocycles. The molecule has 1 aliphatic rings. The fourth-order valence-corrected chi connectivity index (χ4v) is 2.12. The molecule has 0 saturated carbocycles. The second-order valence-corrected chi connectivity index (χ2v) is 4.42. The number of thioether (sulfide) groups is 1. The van der Waals surface area contributed by atoms with E-state index in [1.165, 1.54) is 11.8 Å². The number of aliphatic hydroxyl groups excluding tert-OH is 1. The van der Waals surface area contributed by atoms with Crippen LogP contribution >= 0.6 is 11.8 Å². The Kier molecular flexibility index (Phi) is 3.43. The van der Waals surface area contributed by atoms with E-state index in [-0.39, 0.29) is 6.10 Å². The number of hydrogen-bond acceptors (Lipinski definition) is 5. The van der Waals surface area contributed by atoms with Crippen LogP contribution in [0.5, 0.6) is 0 Å². The van der Waals surface area contributed by atoms with E-state index in [0.29, 0.717) is 6.54 Å². The van der Waals surface area contributed by atoms with Gasteiger partial charge in [0.2, 0.25) is 0 Å². The number of aliphatic hydroxyl groups is 1. The predicted octanol–water partition coefficient (Wildman–Crippen LogP) is 1.16. The van der Waals surface area contributed by atoms with Crippen LogP contribution in [0.3, 0.4) is 0 Å². The summed E-state index contributed by atoms with van der Waals surface area (Å²) in [6.07, 6.45) is 5.45. The molecular formula is C10H15N3OS. The highest BCUT2D eigenvalue weighted by Crippen LogP contribution is 2.19. The minimum atomic E-state index is -0.216. The lowest BCUT2D eigenvalue weighted by atomic mass is 10.1. The van der Waals surface area contributed by atoms with Crippen molar-refractivity contribution < 1.29 is 5.11 Å². The van der Waals surface area contributed by atoms with Gasteiger partial charge in [0, 0.05) is 19.3 Å². The molecule has 2 heterocycles. The molecule has 1 unspecified atom stereocenters. The molecule has 15 heavy (non-hydrogen) atoms. The van der Waals surface area contributed by atoms with Gasteiger partial charge >= 0.3 is 0 Å². The number of β-amino-alcohol motifs (C(OH)–C–C–N with tert-alkyl or cyclic N) is 1. The first kappa shape index (κ1) is 10.7. The van der Waals surface area contributed by atoms with Crippen LogP contribution in [-0.2, 0) is 0 Å². The lowest BCUT2D eigenvalue weighted by molar-refractivity contribution is 0.154. The Morgan fingerprint density at radius 2 is 2.47 bits per heavy atom. The van der Waals surface area contributed by atoms with Gasteiger partial charge in [-0.25, -0.2) is 9.97 Å². The first-order chi connectivity index (χ1) is 7.29. The third-order valence-corrected chi connectivity index (χ3v) is 3.08. The smallest absolute Gasteiger partial charge is 0.189 e. The van der Waals surface area contributed by atoms with Gasteiger partial charge in [-0.3, -0.25) is 0 Å². The average Bonchev–Trinajstić information content (AvgIpc) is 2.29. The van der Waals surface area contributed by atoms with Crippen molar-refractivity contribution in [2.75, 3.05) is 24.2 Å². The highest BCUT2D eigenvalue weighted by Gasteiger charge is 2.18. The minimum absolute atomic E-state index is 0.216. The van der Waals surface area contributed by atoms with Crippen LogP contribution in [0.25, 0.3) is 0 Å². The summed E-state index contributed by atoms with van der Waals surface area (Å²) in [4.78, 5) is 10.7. The molecule has 1 fully saturated rings. The van der Waals surface area contributed by atoms with Crippen LogP contribution in [0.2, 0.25) is 0 Å². The van der Waals surface area contributed by atoms with Gasteiger partial charge in [-0.05, 0) is 25.2 Å². The first-order valence-electron chi connectivity index (χ1n) is 5.09. The molecule has 0 bridgehead atoms. The summed E-state index contributed by atoms with van der Waals surface area (Å²) in [5, 5.41) is 10.4. The molecule has 5 heteroatoms. The summed E-state index contributed by atoms with van der Waals surface area (Å²) in [6.45, 7) is 1.66. The van der Waals surface area contributed by atoms with Gasteiger partial charge in [0.25, 0.3) is 0 Å². The second-order valence-electron chi connectivity index (χ2n) is 3.64. The molecule has 2 rings (SSSR count). The van der Waals surface area contributed by atoms with Gasteiger partial charge in [-0.15, -0.1) is 0 Å². The molecular weight excluding hydrogens is 210 g/mol.